The molecule has 1 aromatic rings. The summed E-state index contributed by atoms with van der Waals surface area (Å²) in [6.45, 7) is 0.927. The molecule has 30 heavy (non-hydrogen) atoms. The number of aryl methyl sites for hydroxylation is 2. The number of anilines is 1. The number of allylic oxidation sites excluding steroid dienone is 1. The molecule has 1 saturated heterocycles. The van der Waals surface area contributed by atoms with Crippen molar-refractivity contribution in [2.24, 2.45) is 4.99 Å². The summed E-state index contributed by atoms with van der Waals surface area (Å²) in [7, 11) is -4.19. The minimum Gasteiger partial charge on any atom is -0.478 e. The first-order chi connectivity index (χ1) is 14.5. The molecular formula is C20H24N6O3S. The average molecular weight is 429 g/mol. The fourth-order valence-electron chi connectivity index (χ4n) is 4.32. The second kappa shape index (κ2) is 8.36. The molecule has 0 aromatic heterocycles. The number of sulfonamides is 1. The van der Waals surface area contributed by atoms with Crippen LogP contribution in [0.4, 0.5) is 5.69 Å². The summed E-state index contributed by atoms with van der Waals surface area (Å²) >= 11 is 0. The van der Waals surface area contributed by atoms with Crippen LogP contribution in [0, 0.1) is 16.9 Å². The third kappa shape index (κ3) is 3.85. The molecule has 1 fully saturated rings. The molecule has 1 heterocycles. The smallest absolute Gasteiger partial charge is 0.271 e. The zero-order valence-electron chi connectivity index (χ0n) is 16.5. The van der Waals surface area contributed by atoms with E-state index in [1.165, 1.54) is 22.3 Å². The summed E-state index contributed by atoms with van der Waals surface area (Å²) in [4.78, 5) is 3.34. The molecule has 9 nitrogen and oxygen atoms in total. The van der Waals surface area contributed by atoms with Crippen LogP contribution in [0.3, 0.4) is 0 Å². The number of hydrogen-bond acceptors (Lipinski definition) is 7. The van der Waals surface area contributed by atoms with E-state index in [1.807, 2.05) is 0 Å². The van der Waals surface area contributed by atoms with Gasteiger partial charge in [-0.15, -0.1) is 4.99 Å². The number of nitriles is 1. The summed E-state index contributed by atoms with van der Waals surface area (Å²) < 4.78 is 33.6. The Morgan fingerprint density at radius 1 is 1.20 bits per heavy atom. The third-order valence-electron chi connectivity index (χ3n) is 5.61. The topological polar surface area (TPSA) is 139 Å². The Morgan fingerprint density at radius 2 is 1.90 bits per heavy atom. The van der Waals surface area contributed by atoms with E-state index in [-0.39, 0.29) is 16.7 Å². The quantitative estimate of drug-likeness (QED) is 0.327. The molecule has 0 unspecified atom stereocenters. The van der Waals surface area contributed by atoms with Crippen LogP contribution in [-0.4, -0.2) is 33.7 Å². The van der Waals surface area contributed by atoms with Gasteiger partial charge < -0.3 is 20.8 Å². The second-order valence-electron chi connectivity index (χ2n) is 7.49. The molecule has 1 aromatic carbocycles. The van der Waals surface area contributed by atoms with Gasteiger partial charge in [0.05, 0.1) is 6.61 Å². The number of benzene rings is 1. The van der Waals surface area contributed by atoms with Crippen molar-refractivity contribution in [3.8, 4) is 6.19 Å². The Morgan fingerprint density at radius 3 is 2.47 bits per heavy atom. The molecule has 3 aliphatic rings. The lowest BCUT2D eigenvalue weighted by Crippen LogP contribution is -2.39. The lowest BCUT2D eigenvalue weighted by molar-refractivity contribution is 0.157. The number of guanidine groups is 1. The molecular weight excluding hydrogens is 404 g/mol. The van der Waals surface area contributed by atoms with Gasteiger partial charge in [0.1, 0.15) is 0 Å². The lowest BCUT2D eigenvalue weighted by atomic mass is 9.99. The third-order valence-corrected chi connectivity index (χ3v) is 6.95. The van der Waals surface area contributed by atoms with Gasteiger partial charge in [-0.05, 0) is 67.2 Å². The van der Waals surface area contributed by atoms with Gasteiger partial charge in [-0.1, -0.05) is 6.07 Å². The summed E-state index contributed by atoms with van der Waals surface area (Å²) in [5.74, 6) is -0.149. The molecule has 4 rings (SSSR count). The van der Waals surface area contributed by atoms with Crippen molar-refractivity contribution in [2.75, 3.05) is 18.5 Å². The highest BCUT2D eigenvalue weighted by atomic mass is 32.2. The maximum atomic E-state index is 12.9. The standard InChI is InChI=1S/C20H24N6O3S/c21-11-17(19-23-8-3-9-29-19)30(27,28)26-20(24-12-22)25-18-15-6-1-4-13(15)10-14-5-2-7-16(14)18/h10-11,21,23H,1-9H2,(H2,24,25,26)/b19-17-,21-11?. The average Bonchev–Trinajstić information content (AvgIpc) is 3.38. The van der Waals surface area contributed by atoms with Gasteiger partial charge in [-0.3, -0.25) is 0 Å². The molecule has 0 spiro atoms. The van der Waals surface area contributed by atoms with Crippen molar-refractivity contribution in [2.45, 2.75) is 44.9 Å². The van der Waals surface area contributed by atoms with Crippen molar-refractivity contribution in [1.82, 2.24) is 10.0 Å². The molecule has 0 amide bonds. The molecule has 4 N–H and O–H groups in total. The highest BCUT2D eigenvalue weighted by Crippen LogP contribution is 2.38. The highest BCUT2D eigenvalue weighted by Gasteiger charge is 2.28. The van der Waals surface area contributed by atoms with Gasteiger partial charge >= 0.3 is 0 Å². The van der Waals surface area contributed by atoms with Crippen molar-refractivity contribution >= 4 is 27.9 Å². The van der Waals surface area contributed by atoms with Gasteiger partial charge in [-0.25, -0.2) is 13.1 Å². The number of fused-ring (bicyclic) bond motifs is 2. The van der Waals surface area contributed by atoms with Gasteiger partial charge in [-0.2, -0.15) is 5.26 Å². The van der Waals surface area contributed by atoms with Crippen molar-refractivity contribution in [3.05, 3.63) is 39.1 Å². The zero-order chi connectivity index (χ0) is 21.1. The van der Waals surface area contributed by atoms with E-state index in [9.17, 15) is 8.42 Å². The van der Waals surface area contributed by atoms with Gasteiger partial charge in [0.2, 0.25) is 18.0 Å². The van der Waals surface area contributed by atoms with Gasteiger partial charge in [0, 0.05) is 18.4 Å². The monoisotopic (exact) mass is 428 g/mol. The summed E-state index contributed by atoms with van der Waals surface area (Å²) in [6, 6.07) is 2.27. The van der Waals surface area contributed by atoms with E-state index in [1.54, 1.807) is 6.19 Å². The number of hydrogen-bond donors (Lipinski definition) is 4. The Hall–Kier alpha value is -3.06. The van der Waals surface area contributed by atoms with Crippen LogP contribution in [0.2, 0.25) is 0 Å². The van der Waals surface area contributed by atoms with Gasteiger partial charge in [0.15, 0.2) is 4.91 Å². The van der Waals surface area contributed by atoms with E-state index in [0.29, 0.717) is 13.2 Å². The fraction of sp³-hybridized carbons (Fsp3) is 0.450. The summed E-state index contributed by atoms with van der Waals surface area (Å²) in [5, 5.41) is 22.7. The summed E-state index contributed by atoms with van der Waals surface area (Å²) in [5.41, 5.74) is 5.76. The first-order valence-corrected chi connectivity index (χ1v) is 11.6. The van der Waals surface area contributed by atoms with Crippen LogP contribution >= 0.6 is 0 Å². The normalized spacial score (nSPS) is 19.6. The number of rotatable bonds is 4. The largest absolute Gasteiger partial charge is 0.478 e. The Bertz CT molecular complexity index is 1040. The minimum atomic E-state index is -4.19. The molecule has 158 valence electrons. The Kier molecular flexibility index (Phi) is 5.63. The Labute approximate surface area is 175 Å². The number of aliphatic imine (C=N–C) groups is 1. The number of nitrogens with zero attached hydrogens (tertiary/aromatic N) is 2. The molecule has 0 radical (unpaired) electrons. The van der Waals surface area contributed by atoms with Crippen molar-refractivity contribution in [3.63, 3.8) is 0 Å². The van der Waals surface area contributed by atoms with Crippen molar-refractivity contribution in [1.29, 1.82) is 10.7 Å². The maximum Gasteiger partial charge on any atom is 0.271 e. The van der Waals surface area contributed by atoms with Crippen LogP contribution in [0.25, 0.3) is 0 Å². The van der Waals surface area contributed by atoms with Crippen LogP contribution in [0.5, 0.6) is 0 Å². The second-order valence-corrected chi connectivity index (χ2v) is 9.14. The molecule has 0 bridgehead atoms. The summed E-state index contributed by atoms with van der Waals surface area (Å²) in [6.07, 6.45) is 9.05. The predicted molar refractivity (Wildman–Crippen MR) is 114 cm³/mol. The van der Waals surface area contributed by atoms with E-state index in [4.69, 9.17) is 15.4 Å². The SMILES string of the molecule is N#C/N=C(/Nc1c2c(cc3c1CCC3)CCC2)NS(=O)(=O)/C(C=N)=C1/NCCCO1. The lowest BCUT2D eigenvalue weighted by Gasteiger charge is -2.21. The number of ether oxygens (including phenoxy) is 1. The first-order valence-electron chi connectivity index (χ1n) is 10.1. The van der Waals surface area contributed by atoms with Crippen LogP contribution in [0.15, 0.2) is 21.8 Å². The van der Waals surface area contributed by atoms with Crippen molar-refractivity contribution < 1.29 is 13.2 Å². The first kappa shape index (κ1) is 20.2. The van der Waals surface area contributed by atoms with Crippen LogP contribution in [0.1, 0.15) is 41.5 Å². The van der Waals surface area contributed by atoms with Crippen LogP contribution < -0.4 is 15.4 Å². The molecule has 0 saturated carbocycles. The van der Waals surface area contributed by atoms with Gasteiger partial charge in [0.25, 0.3) is 10.0 Å². The zero-order valence-corrected chi connectivity index (χ0v) is 17.4. The van der Waals surface area contributed by atoms with E-state index >= 15 is 0 Å². The highest BCUT2D eigenvalue weighted by molar-refractivity contribution is 7.94. The maximum absolute atomic E-state index is 12.9. The predicted octanol–water partition coefficient (Wildman–Crippen LogP) is 1.66. The molecule has 2 aliphatic carbocycles. The molecule has 1 aliphatic heterocycles. The molecule has 0 atom stereocenters. The Balaban J connectivity index is 1.66. The van der Waals surface area contributed by atoms with E-state index in [0.717, 1.165) is 56.8 Å². The molecule has 10 heteroatoms. The van der Waals surface area contributed by atoms with Crippen LogP contribution in [-0.2, 0) is 40.4 Å². The number of nitrogens with one attached hydrogen (secondary N) is 4. The van der Waals surface area contributed by atoms with E-state index in [2.05, 4.69) is 26.4 Å². The minimum absolute atomic E-state index is 0.0292. The fourth-order valence-corrected chi connectivity index (χ4v) is 5.31. The van der Waals surface area contributed by atoms with E-state index < -0.39 is 10.0 Å².